The summed E-state index contributed by atoms with van der Waals surface area (Å²) >= 11 is 5.74. The molecule has 0 aliphatic heterocycles. The van der Waals surface area contributed by atoms with Gasteiger partial charge in [-0.15, -0.1) is 0 Å². The highest BCUT2D eigenvalue weighted by molar-refractivity contribution is 6.29. The molecule has 80 valence electrons. The van der Waals surface area contributed by atoms with Crippen LogP contribution in [-0.2, 0) is 10.2 Å². The van der Waals surface area contributed by atoms with Gasteiger partial charge in [-0.2, -0.15) is 0 Å². The Bertz CT molecular complexity index is 402. The molecule has 2 rings (SSSR count). The first kappa shape index (κ1) is 10.4. The molecule has 0 spiro atoms. The van der Waals surface area contributed by atoms with Crippen molar-refractivity contribution >= 4 is 17.6 Å². The Morgan fingerprint density at radius 1 is 1.60 bits per heavy atom. The van der Waals surface area contributed by atoms with Gasteiger partial charge in [0.1, 0.15) is 10.6 Å². The van der Waals surface area contributed by atoms with E-state index < -0.39 is 11.4 Å². The summed E-state index contributed by atoms with van der Waals surface area (Å²) in [5.41, 5.74) is 5.22. The fourth-order valence-corrected chi connectivity index (χ4v) is 2.17. The number of nitrogens with two attached hydrogens (primary N) is 1. The Balaban J connectivity index is 2.39. The van der Waals surface area contributed by atoms with Crippen LogP contribution in [0.1, 0.15) is 18.5 Å². The average Bonchev–Trinajstić information content (AvgIpc) is 2.12. The molecule has 3 N–H and O–H groups in total. The second kappa shape index (κ2) is 3.47. The van der Waals surface area contributed by atoms with E-state index in [1.807, 2.05) is 0 Å². The Labute approximate surface area is 92.1 Å². The zero-order chi connectivity index (χ0) is 11.1. The molecule has 0 unspecified atom stereocenters. The summed E-state index contributed by atoms with van der Waals surface area (Å²) in [4.78, 5) is 15.3. The summed E-state index contributed by atoms with van der Waals surface area (Å²) in [7, 11) is 0. The minimum atomic E-state index is -0.926. The molecule has 0 saturated heterocycles. The van der Waals surface area contributed by atoms with Gasteiger partial charge in [0.2, 0.25) is 0 Å². The maximum absolute atomic E-state index is 11.2. The SMILES string of the molecule is NC1CC(C(=O)O)(c2cccc(Cl)n2)C1. The highest BCUT2D eigenvalue weighted by atomic mass is 35.5. The number of pyridine rings is 1. The van der Waals surface area contributed by atoms with Gasteiger partial charge in [-0.25, -0.2) is 4.98 Å². The molecule has 0 aromatic carbocycles. The van der Waals surface area contributed by atoms with Crippen LogP contribution >= 0.6 is 11.6 Å². The molecule has 15 heavy (non-hydrogen) atoms. The van der Waals surface area contributed by atoms with E-state index in [0.717, 1.165) is 0 Å². The maximum atomic E-state index is 11.2. The first-order valence-electron chi connectivity index (χ1n) is 4.66. The second-order valence-electron chi connectivity index (χ2n) is 3.90. The molecule has 0 radical (unpaired) electrons. The molecule has 1 saturated carbocycles. The quantitative estimate of drug-likeness (QED) is 0.743. The van der Waals surface area contributed by atoms with Crippen LogP contribution in [0.3, 0.4) is 0 Å². The summed E-state index contributed by atoms with van der Waals surface area (Å²) in [6.07, 6.45) is 0.853. The van der Waals surface area contributed by atoms with Crippen LogP contribution in [0.5, 0.6) is 0 Å². The number of aliphatic carboxylic acids is 1. The van der Waals surface area contributed by atoms with Crippen molar-refractivity contribution in [3.8, 4) is 0 Å². The summed E-state index contributed by atoms with van der Waals surface area (Å²) in [6, 6.07) is 4.96. The van der Waals surface area contributed by atoms with Crippen molar-refractivity contribution < 1.29 is 9.90 Å². The van der Waals surface area contributed by atoms with Gasteiger partial charge in [-0.3, -0.25) is 4.79 Å². The zero-order valence-electron chi connectivity index (χ0n) is 7.98. The van der Waals surface area contributed by atoms with E-state index in [0.29, 0.717) is 23.7 Å². The number of nitrogens with zero attached hydrogens (tertiary/aromatic N) is 1. The lowest BCUT2D eigenvalue weighted by atomic mass is 9.63. The summed E-state index contributed by atoms with van der Waals surface area (Å²) in [5, 5.41) is 9.52. The van der Waals surface area contributed by atoms with Crippen molar-refractivity contribution in [1.82, 2.24) is 4.98 Å². The van der Waals surface area contributed by atoms with E-state index in [9.17, 15) is 9.90 Å². The Morgan fingerprint density at radius 3 is 2.73 bits per heavy atom. The minimum absolute atomic E-state index is 0.0538. The van der Waals surface area contributed by atoms with E-state index >= 15 is 0 Å². The lowest BCUT2D eigenvalue weighted by molar-refractivity contribution is -0.148. The predicted molar refractivity (Wildman–Crippen MR) is 55.8 cm³/mol. The third kappa shape index (κ3) is 1.60. The van der Waals surface area contributed by atoms with Gasteiger partial charge in [0.05, 0.1) is 5.69 Å². The third-order valence-electron chi connectivity index (χ3n) is 2.84. The molecular formula is C10H11ClN2O2. The Kier molecular flexibility index (Phi) is 2.40. The predicted octanol–water partition coefficient (Wildman–Crippen LogP) is 1.18. The largest absolute Gasteiger partial charge is 0.481 e. The number of carboxylic acid groups (broad SMARTS) is 1. The number of halogens is 1. The number of hydrogen-bond donors (Lipinski definition) is 2. The normalized spacial score (nSPS) is 29.6. The lowest BCUT2D eigenvalue weighted by Gasteiger charge is -2.41. The number of rotatable bonds is 2. The van der Waals surface area contributed by atoms with E-state index in [-0.39, 0.29) is 6.04 Å². The number of carbonyl (C=O) groups is 1. The van der Waals surface area contributed by atoms with Gasteiger partial charge in [0.25, 0.3) is 0 Å². The second-order valence-corrected chi connectivity index (χ2v) is 4.29. The standard InChI is InChI=1S/C10H11ClN2O2/c11-8-3-1-2-7(13-8)10(9(14)15)4-6(12)5-10/h1-3,6H,4-5,12H2,(H,14,15). The van der Waals surface area contributed by atoms with E-state index in [4.69, 9.17) is 17.3 Å². The molecular weight excluding hydrogens is 216 g/mol. The number of hydrogen-bond acceptors (Lipinski definition) is 3. The van der Waals surface area contributed by atoms with Crippen LogP contribution in [-0.4, -0.2) is 22.1 Å². The monoisotopic (exact) mass is 226 g/mol. The molecule has 1 heterocycles. The van der Waals surface area contributed by atoms with Crippen molar-refractivity contribution in [3.05, 3.63) is 29.0 Å². The molecule has 1 fully saturated rings. The first-order valence-corrected chi connectivity index (χ1v) is 5.04. The number of aromatic nitrogens is 1. The van der Waals surface area contributed by atoms with Crippen LogP contribution in [0.25, 0.3) is 0 Å². The van der Waals surface area contributed by atoms with Crippen LogP contribution in [0.15, 0.2) is 18.2 Å². The van der Waals surface area contributed by atoms with Gasteiger partial charge in [-0.1, -0.05) is 17.7 Å². The fraction of sp³-hybridized carbons (Fsp3) is 0.400. The molecule has 1 aromatic rings. The number of carboxylic acids is 1. The summed E-state index contributed by atoms with van der Waals surface area (Å²) in [5.74, 6) is -0.876. The smallest absolute Gasteiger partial charge is 0.315 e. The van der Waals surface area contributed by atoms with Crippen molar-refractivity contribution in [2.45, 2.75) is 24.3 Å². The minimum Gasteiger partial charge on any atom is -0.481 e. The van der Waals surface area contributed by atoms with Crippen LogP contribution in [0.4, 0.5) is 0 Å². The first-order chi connectivity index (χ1) is 7.04. The highest BCUT2D eigenvalue weighted by Crippen LogP contribution is 2.42. The molecule has 0 amide bonds. The van der Waals surface area contributed by atoms with Crippen LogP contribution < -0.4 is 5.73 Å². The molecule has 0 bridgehead atoms. The lowest BCUT2D eigenvalue weighted by Crippen LogP contribution is -2.54. The van der Waals surface area contributed by atoms with E-state index in [2.05, 4.69) is 4.98 Å². The van der Waals surface area contributed by atoms with Crippen LogP contribution in [0.2, 0.25) is 5.15 Å². The van der Waals surface area contributed by atoms with Gasteiger partial charge >= 0.3 is 5.97 Å². The van der Waals surface area contributed by atoms with E-state index in [1.54, 1.807) is 18.2 Å². The summed E-state index contributed by atoms with van der Waals surface area (Å²) < 4.78 is 0. The topological polar surface area (TPSA) is 76.2 Å². The molecule has 1 aromatic heterocycles. The van der Waals surface area contributed by atoms with Crippen molar-refractivity contribution in [1.29, 1.82) is 0 Å². The van der Waals surface area contributed by atoms with Crippen molar-refractivity contribution in [3.63, 3.8) is 0 Å². The maximum Gasteiger partial charge on any atom is 0.315 e. The van der Waals surface area contributed by atoms with Gasteiger partial charge in [0, 0.05) is 6.04 Å². The molecule has 5 heteroatoms. The fourth-order valence-electron chi connectivity index (χ4n) is 2.00. The van der Waals surface area contributed by atoms with Gasteiger partial charge in [-0.05, 0) is 25.0 Å². The highest BCUT2D eigenvalue weighted by Gasteiger charge is 2.51. The van der Waals surface area contributed by atoms with Gasteiger partial charge in [0.15, 0.2) is 0 Å². The zero-order valence-corrected chi connectivity index (χ0v) is 8.74. The Morgan fingerprint density at radius 2 is 2.27 bits per heavy atom. The van der Waals surface area contributed by atoms with E-state index in [1.165, 1.54) is 0 Å². The molecule has 0 atom stereocenters. The summed E-state index contributed by atoms with van der Waals surface area (Å²) in [6.45, 7) is 0. The van der Waals surface area contributed by atoms with Gasteiger partial charge < -0.3 is 10.8 Å². The van der Waals surface area contributed by atoms with Crippen molar-refractivity contribution in [2.24, 2.45) is 5.73 Å². The molecule has 4 nitrogen and oxygen atoms in total. The Hall–Kier alpha value is -1.13. The molecule has 1 aliphatic rings. The van der Waals surface area contributed by atoms with Crippen LogP contribution in [0, 0.1) is 0 Å². The van der Waals surface area contributed by atoms with Crippen molar-refractivity contribution in [2.75, 3.05) is 0 Å². The third-order valence-corrected chi connectivity index (χ3v) is 3.05. The molecule has 1 aliphatic carbocycles. The average molecular weight is 227 g/mol.